The normalized spacial score (nSPS) is 11.5. The second-order valence-corrected chi connectivity index (χ2v) is 7.72. The van der Waals surface area contributed by atoms with Gasteiger partial charge < -0.3 is 10.6 Å². The third-order valence-electron chi connectivity index (χ3n) is 4.29. The second kappa shape index (κ2) is 10.5. The molecule has 3 aromatic carbocycles. The average molecular weight is 405 g/mol. The van der Waals surface area contributed by atoms with Crippen LogP contribution in [-0.2, 0) is 4.79 Å². The Morgan fingerprint density at radius 1 is 0.862 bits per heavy atom. The second-order valence-electron chi connectivity index (χ2n) is 6.54. The van der Waals surface area contributed by atoms with Crippen LogP contribution in [0.2, 0.25) is 0 Å². The van der Waals surface area contributed by atoms with Crippen molar-refractivity contribution < 1.29 is 9.59 Å². The van der Waals surface area contributed by atoms with Gasteiger partial charge in [0.2, 0.25) is 5.91 Å². The van der Waals surface area contributed by atoms with Gasteiger partial charge in [-0.2, -0.15) is 0 Å². The molecule has 0 saturated heterocycles. The van der Waals surface area contributed by atoms with Crippen molar-refractivity contribution in [1.29, 1.82) is 0 Å². The molecule has 148 valence electrons. The first-order valence-corrected chi connectivity index (χ1v) is 10.5. The zero-order chi connectivity index (χ0) is 20.5. The fraction of sp³-hybridized carbons (Fsp3) is 0.167. The minimum atomic E-state index is -0.383. The first-order chi connectivity index (χ1) is 14.2. The summed E-state index contributed by atoms with van der Waals surface area (Å²) in [6.45, 7) is 2.66. The van der Waals surface area contributed by atoms with Crippen molar-refractivity contribution in [3.8, 4) is 0 Å². The van der Waals surface area contributed by atoms with Gasteiger partial charge in [-0.25, -0.2) is 0 Å². The van der Waals surface area contributed by atoms with Crippen molar-refractivity contribution in [3.05, 3.63) is 96.1 Å². The number of hydrogen-bond donors (Lipinski definition) is 2. The first kappa shape index (κ1) is 20.7. The molecule has 2 N–H and O–H groups in total. The van der Waals surface area contributed by atoms with Gasteiger partial charge in [-0.05, 0) is 48.4 Å². The molecule has 0 aliphatic heterocycles. The highest BCUT2D eigenvalue weighted by Gasteiger charge is 2.22. The highest BCUT2D eigenvalue weighted by atomic mass is 32.2. The maximum atomic E-state index is 13.1. The van der Waals surface area contributed by atoms with E-state index in [4.69, 9.17) is 0 Å². The van der Waals surface area contributed by atoms with Crippen LogP contribution in [0.4, 0.5) is 5.69 Å². The Hall–Kier alpha value is -3.05. The predicted octanol–water partition coefficient (Wildman–Crippen LogP) is 5.30. The van der Waals surface area contributed by atoms with Gasteiger partial charge in [0.25, 0.3) is 5.91 Å². The molecule has 0 heterocycles. The number of carbonyl (C=O) groups is 2. The number of carbonyl (C=O) groups excluding carboxylic acids is 2. The number of benzene rings is 3. The summed E-state index contributed by atoms with van der Waals surface area (Å²) in [5.74, 6) is -0.209. The summed E-state index contributed by atoms with van der Waals surface area (Å²) >= 11 is 1.51. The minimum absolute atomic E-state index is 0.103. The molecule has 1 atom stereocenters. The summed E-state index contributed by atoms with van der Waals surface area (Å²) in [7, 11) is 0. The third-order valence-corrected chi connectivity index (χ3v) is 5.55. The standard InChI is InChI=1S/C24H24N2O2S/c1-2-17-25-23(27)19-13-15-20(16-14-19)26-24(28)22(18-9-5-3-6-10-18)29-21-11-7-4-8-12-21/h3-16,22H,2,17H2,1H3,(H,25,27)(H,26,28). The topological polar surface area (TPSA) is 58.2 Å². The summed E-state index contributed by atoms with van der Waals surface area (Å²) in [4.78, 5) is 26.1. The summed E-state index contributed by atoms with van der Waals surface area (Å²) < 4.78 is 0. The van der Waals surface area contributed by atoms with Crippen LogP contribution in [0, 0.1) is 0 Å². The third kappa shape index (κ3) is 5.96. The molecule has 0 saturated carbocycles. The highest BCUT2D eigenvalue weighted by molar-refractivity contribution is 8.00. The Balaban J connectivity index is 1.73. The SMILES string of the molecule is CCCNC(=O)c1ccc(NC(=O)C(Sc2ccccc2)c2ccccc2)cc1. The molecule has 0 aromatic heterocycles. The van der Waals surface area contributed by atoms with Crippen LogP contribution in [0.1, 0.15) is 34.5 Å². The largest absolute Gasteiger partial charge is 0.352 e. The van der Waals surface area contributed by atoms with E-state index in [1.54, 1.807) is 24.3 Å². The van der Waals surface area contributed by atoms with E-state index in [9.17, 15) is 9.59 Å². The molecule has 3 aromatic rings. The van der Waals surface area contributed by atoms with Crippen LogP contribution in [-0.4, -0.2) is 18.4 Å². The minimum Gasteiger partial charge on any atom is -0.352 e. The zero-order valence-corrected chi connectivity index (χ0v) is 17.1. The van der Waals surface area contributed by atoms with Gasteiger partial charge in [-0.15, -0.1) is 11.8 Å². The summed E-state index contributed by atoms with van der Waals surface area (Å²) in [5.41, 5.74) is 2.18. The molecule has 2 amide bonds. The van der Waals surface area contributed by atoms with Crippen molar-refractivity contribution in [3.63, 3.8) is 0 Å². The summed E-state index contributed by atoms with van der Waals surface area (Å²) in [5, 5.41) is 5.44. The van der Waals surface area contributed by atoms with Gasteiger partial charge >= 0.3 is 0 Å². The van der Waals surface area contributed by atoms with Crippen molar-refractivity contribution in [2.45, 2.75) is 23.5 Å². The van der Waals surface area contributed by atoms with E-state index in [1.807, 2.05) is 67.6 Å². The molecule has 29 heavy (non-hydrogen) atoms. The fourth-order valence-corrected chi connectivity index (χ4v) is 3.83. The maximum absolute atomic E-state index is 13.1. The van der Waals surface area contributed by atoms with Gasteiger partial charge in [0.05, 0.1) is 0 Å². The van der Waals surface area contributed by atoms with E-state index in [1.165, 1.54) is 11.8 Å². The summed E-state index contributed by atoms with van der Waals surface area (Å²) in [6, 6.07) is 26.6. The van der Waals surface area contributed by atoms with Gasteiger partial charge in [0.1, 0.15) is 5.25 Å². The number of hydrogen-bond acceptors (Lipinski definition) is 3. The maximum Gasteiger partial charge on any atom is 0.251 e. The summed E-state index contributed by atoms with van der Waals surface area (Å²) in [6.07, 6.45) is 0.889. The molecular formula is C24H24N2O2S. The van der Waals surface area contributed by atoms with Gasteiger partial charge in [0, 0.05) is 22.7 Å². The number of nitrogens with one attached hydrogen (secondary N) is 2. The molecule has 0 radical (unpaired) electrons. The number of thioether (sulfide) groups is 1. The quantitative estimate of drug-likeness (QED) is 0.501. The molecular weight excluding hydrogens is 380 g/mol. The van der Waals surface area contributed by atoms with E-state index in [0.29, 0.717) is 17.8 Å². The molecule has 0 aliphatic carbocycles. The van der Waals surface area contributed by atoms with Crippen LogP contribution in [0.15, 0.2) is 89.8 Å². The molecule has 0 bridgehead atoms. The smallest absolute Gasteiger partial charge is 0.251 e. The van der Waals surface area contributed by atoms with Gasteiger partial charge in [0.15, 0.2) is 0 Å². The Morgan fingerprint density at radius 3 is 2.10 bits per heavy atom. The lowest BCUT2D eigenvalue weighted by Gasteiger charge is -2.17. The molecule has 0 spiro atoms. The van der Waals surface area contributed by atoms with Crippen LogP contribution < -0.4 is 10.6 Å². The lowest BCUT2D eigenvalue weighted by atomic mass is 10.1. The van der Waals surface area contributed by atoms with Crippen molar-refractivity contribution in [1.82, 2.24) is 5.32 Å². The number of amides is 2. The lowest BCUT2D eigenvalue weighted by Crippen LogP contribution is -2.24. The molecule has 0 aliphatic rings. The van der Waals surface area contributed by atoms with E-state index in [-0.39, 0.29) is 17.1 Å². The van der Waals surface area contributed by atoms with Crippen molar-refractivity contribution in [2.24, 2.45) is 0 Å². The van der Waals surface area contributed by atoms with E-state index in [2.05, 4.69) is 10.6 Å². The van der Waals surface area contributed by atoms with Crippen molar-refractivity contribution in [2.75, 3.05) is 11.9 Å². The van der Waals surface area contributed by atoms with Crippen LogP contribution in [0.25, 0.3) is 0 Å². The van der Waals surface area contributed by atoms with E-state index in [0.717, 1.165) is 16.9 Å². The average Bonchev–Trinajstić information content (AvgIpc) is 2.77. The molecule has 0 fully saturated rings. The number of anilines is 1. The Bertz CT molecular complexity index is 928. The molecule has 4 nitrogen and oxygen atoms in total. The fourth-order valence-electron chi connectivity index (χ4n) is 2.79. The molecule has 1 unspecified atom stereocenters. The zero-order valence-electron chi connectivity index (χ0n) is 16.3. The lowest BCUT2D eigenvalue weighted by molar-refractivity contribution is -0.115. The van der Waals surface area contributed by atoms with Crippen LogP contribution >= 0.6 is 11.8 Å². The van der Waals surface area contributed by atoms with Crippen LogP contribution in [0.5, 0.6) is 0 Å². The molecule has 3 rings (SSSR count). The van der Waals surface area contributed by atoms with E-state index >= 15 is 0 Å². The Kier molecular flexibility index (Phi) is 7.47. The monoisotopic (exact) mass is 404 g/mol. The Morgan fingerprint density at radius 2 is 1.48 bits per heavy atom. The first-order valence-electron chi connectivity index (χ1n) is 9.63. The predicted molar refractivity (Wildman–Crippen MR) is 119 cm³/mol. The highest BCUT2D eigenvalue weighted by Crippen LogP contribution is 2.36. The Labute approximate surface area is 175 Å². The van der Waals surface area contributed by atoms with Crippen LogP contribution in [0.3, 0.4) is 0 Å². The van der Waals surface area contributed by atoms with E-state index < -0.39 is 0 Å². The van der Waals surface area contributed by atoms with Gasteiger partial charge in [-0.1, -0.05) is 55.5 Å². The number of rotatable bonds is 8. The van der Waals surface area contributed by atoms with Gasteiger partial charge in [-0.3, -0.25) is 9.59 Å². The molecule has 5 heteroatoms. The van der Waals surface area contributed by atoms with Crippen molar-refractivity contribution >= 4 is 29.3 Å².